The highest BCUT2D eigenvalue weighted by molar-refractivity contribution is 6.32. The van der Waals surface area contributed by atoms with E-state index < -0.39 is 0 Å². The Morgan fingerprint density at radius 2 is 2.04 bits per heavy atom. The number of methoxy groups -OCH3 is 1. The molecule has 2 aromatic rings. The predicted molar refractivity (Wildman–Crippen MR) is 102 cm³/mol. The molecule has 0 aromatic heterocycles. The average molecular weight is 391 g/mol. The number of nitrogens with one attached hydrogen (secondary N) is 1. The van der Waals surface area contributed by atoms with Crippen LogP contribution in [0.25, 0.3) is 0 Å². The van der Waals surface area contributed by atoms with Crippen LogP contribution in [0.4, 0.5) is 11.4 Å². The third-order valence-corrected chi connectivity index (χ3v) is 4.18. The van der Waals surface area contributed by atoms with Crippen LogP contribution in [-0.2, 0) is 14.3 Å². The highest BCUT2D eigenvalue weighted by atomic mass is 35.5. The first-order chi connectivity index (χ1) is 13.1. The van der Waals surface area contributed by atoms with E-state index in [-0.39, 0.29) is 25.0 Å². The number of carbonyl (C=O) groups excluding carboxylic acids is 2. The third kappa shape index (κ3) is 4.50. The molecule has 1 aliphatic heterocycles. The number of benzene rings is 2. The van der Waals surface area contributed by atoms with E-state index in [1.165, 1.54) is 4.90 Å². The van der Waals surface area contributed by atoms with Gasteiger partial charge in [0.25, 0.3) is 5.91 Å². The van der Waals surface area contributed by atoms with Crippen molar-refractivity contribution >= 4 is 34.8 Å². The normalized spacial score (nSPS) is 13.0. The number of nitrogens with zero attached hydrogens (tertiary/aromatic N) is 1. The second-order valence-electron chi connectivity index (χ2n) is 5.74. The van der Waals surface area contributed by atoms with Crippen molar-refractivity contribution in [3.63, 3.8) is 0 Å². The SMILES string of the molecule is COCCOc1c(Cl)cccc1NC(=O)CN1C(=O)COc2ccccc21. The van der Waals surface area contributed by atoms with Crippen LogP contribution in [0.15, 0.2) is 42.5 Å². The molecular weight excluding hydrogens is 372 g/mol. The molecule has 1 heterocycles. The lowest BCUT2D eigenvalue weighted by Gasteiger charge is -2.28. The molecule has 0 radical (unpaired) electrons. The van der Waals surface area contributed by atoms with Gasteiger partial charge in [-0.05, 0) is 24.3 Å². The molecule has 1 aliphatic rings. The van der Waals surface area contributed by atoms with Crippen LogP contribution < -0.4 is 19.7 Å². The van der Waals surface area contributed by atoms with Gasteiger partial charge in [0.05, 0.1) is 23.0 Å². The number of anilines is 2. The van der Waals surface area contributed by atoms with Crippen LogP contribution in [0.2, 0.25) is 5.02 Å². The van der Waals surface area contributed by atoms with Gasteiger partial charge in [-0.25, -0.2) is 0 Å². The number of halogens is 1. The molecular formula is C19H19ClN2O5. The minimum Gasteiger partial charge on any atom is -0.487 e. The van der Waals surface area contributed by atoms with Gasteiger partial charge in [0.15, 0.2) is 12.4 Å². The summed E-state index contributed by atoms with van der Waals surface area (Å²) in [5, 5.41) is 3.12. The fourth-order valence-corrected chi connectivity index (χ4v) is 2.87. The van der Waals surface area contributed by atoms with Crippen LogP contribution in [0, 0.1) is 0 Å². The van der Waals surface area contributed by atoms with Crippen LogP contribution in [0.3, 0.4) is 0 Å². The van der Waals surface area contributed by atoms with Crippen LogP contribution in [0.1, 0.15) is 0 Å². The Morgan fingerprint density at radius 1 is 1.22 bits per heavy atom. The number of fused-ring (bicyclic) bond motifs is 1. The van der Waals surface area contributed by atoms with Gasteiger partial charge in [-0.2, -0.15) is 0 Å². The zero-order valence-electron chi connectivity index (χ0n) is 14.7. The number of hydrogen-bond acceptors (Lipinski definition) is 5. The third-order valence-electron chi connectivity index (χ3n) is 3.88. The van der Waals surface area contributed by atoms with E-state index in [0.29, 0.717) is 41.1 Å². The molecule has 1 N–H and O–H groups in total. The molecule has 2 amide bonds. The zero-order chi connectivity index (χ0) is 19.2. The molecule has 7 nitrogen and oxygen atoms in total. The Morgan fingerprint density at radius 3 is 2.85 bits per heavy atom. The largest absolute Gasteiger partial charge is 0.487 e. The molecule has 3 rings (SSSR count). The summed E-state index contributed by atoms with van der Waals surface area (Å²) in [6, 6.07) is 12.1. The molecule has 27 heavy (non-hydrogen) atoms. The average Bonchev–Trinajstić information content (AvgIpc) is 2.66. The van der Waals surface area contributed by atoms with E-state index in [1.54, 1.807) is 43.5 Å². The number of carbonyl (C=O) groups is 2. The minimum absolute atomic E-state index is 0.104. The van der Waals surface area contributed by atoms with Crippen LogP contribution in [-0.4, -0.2) is 45.3 Å². The number of para-hydroxylation sites is 3. The van der Waals surface area contributed by atoms with E-state index in [1.807, 2.05) is 6.07 Å². The lowest BCUT2D eigenvalue weighted by Crippen LogP contribution is -2.43. The maximum atomic E-state index is 12.6. The van der Waals surface area contributed by atoms with Gasteiger partial charge in [0.1, 0.15) is 18.9 Å². The van der Waals surface area contributed by atoms with E-state index in [2.05, 4.69) is 5.32 Å². The maximum Gasteiger partial charge on any atom is 0.265 e. The summed E-state index contributed by atoms with van der Waals surface area (Å²) in [5.74, 6) is 0.264. The first-order valence-electron chi connectivity index (χ1n) is 8.32. The minimum atomic E-state index is -0.376. The van der Waals surface area contributed by atoms with E-state index in [4.69, 9.17) is 25.8 Å². The molecule has 0 fully saturated rings. The molecule has 0 saturated carbocycles. The van der Waals surface area contributed by atoms with Crippen molar-refractivity contribution in [2.24, 2.45) is 0 Å². The van der Waals surface area contributed by atoms with Crippen molar-refractivity contribution in [1.29, 1.82) is 0 Å². The van der Waals surface area contributed by atoms with Crippen molar-refractivity contribution in [2.75, 3.05) is 43.7 Å². The number of amides is 2. The van der Waals surface area contributed by atoms with Crippen LogP contribution in [0.5, 0.6) is 11.5 Å². The van der Waals surface area contributed by atoms with Crippen molar-refractivity contribution < 1.29 is 23.8 Å². The van der Waals surface area contributed by atoms with E-state index in [0.717, 1.165) is 0 Å². The molecule has 0 saturated heterocycles. The monoisotopic (exact) mass is 390 g/mol. The lowest BCUT2D eigenvalue weighted by atomic mass is 10.2. The van der Waals surface area contributed by atoms with E-state index >= 15 is 0 Å². The molecule has 0 bridgehead atoms. The quantitative estimate of drug-likeness (QED) is 0.735. The first kappa shape index (κ1) is 19.0. The van der Waals surface area contributed by atoms with Gasteiger partial charge in [-0.3, -0.25) is 14.5 Å². The molecule has 0 atom stereocenters. The van der Waals surface area contributed by atoms with Crippen molar-refractivity contribution in [3.8, 4) is 11.5 Å². The van der Waals surface area contributed by atoms with Gasteiger partial charge < -0.3 is 19.5 Å². The van der Waals surface area contributed by atoms with Gasteiger partial charge in [-0.15, -0.1) is 0 Å². The summed E-state index contributed by atoms with van der Waals surface area (Å²) >= 11 is 6.18. The summed E-state index contributed by atoms with van der Waals surface area (Å²) in [5.41, 5.74) is 0.990. The number of hydrogen-bond donors (Lipinski definition) is 1. The fourth-order valence-electron chi connectivity index (χ4n) is 2.64. The number of ether oxygens (including phenoxy) is 3. The summed E-state index contributed by atoms with van der Waals surface area (Å²) in [6.45, 7) is 0.423. The Labute approximate surface area is 161 Å². The van der Waals surface area contributed by atoms with Gasteiger partial charge in [0, 0.05) is 7.11 Å². The smallest absolute Gasteiger partial charge is 0.265 e. The highest BCUT2D eigenvalue weighted by Crippen LogP contribution is 2.34. The molecule has 2 aromatic carbocycles. The predicted octanol–water partition coefficient (Wildman–Crippen LogP) is 2.73. The van der Waals surface area contributed by atoms with Gasteiger partial charge in [-0.1, -0.05) is 29.8 Å². The zero-order valence-corrected chi connectivity index (χ0v) is 15.5. The lowest BCUT2D eigenvalue weighted by molar-refractivity contribution is -0.123. The van der Waals surface area contributed by atoms with Crippen LogP contribution >= 0.6 is 11.6 Å². The molecule has 0 unspecified atom stereocenters. The Kier molecular flexibility index (Phi) is 6.16. The molecule has 0 spiro atoms. The Hall–Kier alpha value is -2.77. The van der Waals surface area contributed by atoms with E-state index in [9.17, 15) is 9.59 Å². The number of rotatable bonds is 7. The summed E-state index contributed by atoms with van der Waals surface area (Å²) in [7, 11) is 1.57. The molecule has 8 heteroatoms. The van der Waals surface area contributed by atoms with Gasteiger partial charge in [0.2, 0.25) is 5.91 Å². The maximum absolute atomic E-state index is 12.6. The topological polar surface area (TPSA) is 77.1 Å². The Balaban J connectivity index is 1.73. The van der Waals surface area contributed by atoms with Crippen molar-refractivity contribution in [2.45, 2.75) is 0 Å². The second kappa shape index (κ2) is 8.75. The summed E-state index contributed by atoms with van der Waals surface area (Å²) in [6.07, 6.45) is 0. The van der Waals surface area contributed by atoms with Gasteiger partial charge >= 0.3 is 0 Å². The van der Waals surface area contributed by atoms with Crippen molar-refractivity contribution in [1.82, 2.24) is 0 Å². The fraction of sp³-hybridized carbons (Fsp3) is 0.263. The van der Waals surface area contributed by atoms with Crippen molar-refractivity contribution in [3.05, 3.63) is 47.5 Å². The molecule has 0 aliphatic carbocycles. The second-order valence-corrected chi connectivity index (χ2v) is 6.15. The summed E-state index contributed by atoms with van der Waals surface area (Å²) in [4.78, 5) is 26.2. The highest BCUT2D eigenvalue weighted by Gasteiger charge is 2.27. The summed E-state index contributed by atoms with van der Waals surface area (Å²) < 4.78 is 15.9. The first-order valence-corrected chi connectivity index (χ1v) is 8.70. The standard InChI is InChI=1S/C19H19ClN2O5/c1-25-9-10-26-19-13(20)5-4-6-14(19)21-17(23)11-22-15-7-2-3-8-16(15)27-12-18(22)24/h2-8H,9-12H2,1H3,(H,21,23). The molecule has 142 valence electrons. The Bertz CT molecular complexity index is 843.